The summed E-state index contributed by atoms with van der Waals surface area (Å²) in [7, 11) is 3.99. The molecule has 0 aromatic carbocycles. The highest BCUT2D eigenvalue weighted by Gasteiger charge is 2.14. The average molecular weight is 169 g/mol. The van der Waals surface area contributed by atoms with E-state index in [1.54, 1.807) is 6.92 Å². The van der Waals surface area contributed by atoms with Crippen molar-refractivity contribution in [2.45, 2.75) is 13.0 Å². The third-order valence-corrected chi connectivity index (χ3v) is 1.25. The van der Waals surface area contributed by atoms with E-state index in [-0.39, 0.29) is 18.5 Å². The molecule has 64 valence electrons. The predicted octanol–water partition coefficient (Wildman–Crippen LogP) is -3.64. The molecule has 0 aliphatic rings. The number of nitrogens with zero attached hydrogens (tertiary/aromatic N) is 1. The summed E-state index contributed by atoms with van der Waals surface area (Å²) in [6.07, 6.45) is -0.261. The summed E-state index contributed by atoms with van der Waals surface area (Å²) < 4.78 is 0.678. The van der Waals surface area contributed by atoms with Crippen LogP contribution in [0.2, 0.25) is 0 Å². The average Bonchev–Trinajstić information content (AvgIpc) is 1.63. The van der Waals surface area contributed by atoms with Gasteiger partial charge in [-0.05, 0) is 6.92 Å². The summed E-state index contributed by atoms with van der Waals surface area (Å²) >= 11 is 0. The molecule has 0 fully saturated rings. The first-order valence-electron chi connectivity index (χ1n) is 3.18. The zero-order valence-corrected chi connectivity index (χ0v) is 7.60. The Labute approximate surface area is 68.8 Å². The van der Waals surface area contributed by atoms with Crippen LogP contribution in [0.3, 0.4) is 0 Å². The molecule has 0 saturated carbocycles. The molecule has 0 aromatic rings. The Hall–Kier alpha value is 0.170. The number of likely N-dealkylation sites (N-methyl/N-ethyl adjacent to an activating group) is 1. The van der Waals surface area contributed by atoms with Crippen LogP contribution in [0.25, 0.3) is 0 Å². The van der Waals surface area contributed by atoms with Crippen LogP contribution < -0.4 is 18.1 Å². The molecule has 0 spiro atoms. The molecule has 1 atom stereocenters. The normalized spacial score (nSPS) is 14.1. The Kier molecular flexibility index (Phi) is 6.29. The van der Waals surface area contributed by atoms with E-state index in [4.69, 9.17) is 10.8 Å². The highest BCUT2D eigenvalue weighted by Crippen LogP contribution is 1.94. The molecule has 0 aromatic heterocycles. The summed E-state index contributed by atoms with van der Waals surface area (Å²) in [6.45, 7) is 3.07. The number of nitrogens with two attached hydrogens (primary N) is 1. The van der Waals surface area contributed by atoms with Crippen LogP contribution in [-0.2, 0) is 0 Å². The number of rotatable bonds is 3. The molecule has 4 heteroatoms. The van der Waals surface area contributed by atoms with Crippen LogP contribution in [0.1, 0.15) is 6.92 Å². The second-order valence-corrected chi connectivity index (χ2v) is 3.15. The van der Waals surface area contributed by atoms with Crippen molar-refractivity contribution in [1.82, 2.24) is 0 Å². The largest absolute Gasteiger partial charge is 1.00 e. The van der Waals surface area contributed by atoms with Gasteiger partial charge in [0.25, 0.3) is 0 Å². The van der Waals surface area contributed by atoms with Crippen molar-refractivity contribution in [2.24, 2.45) is 5.73 Å². The van der Waals surface area contributed by atoms with E-state index in [1.165, 1.54) is 0 Å². The van der Waals surface area contributed by atoms with Crippen molar-refractivity contribution in [3.63, 3.8) is 0 Å². The molecule has 0 aliphatic heterocycles. The molecule has 0 radical (unpaired) electrons. The zero-order valence-electron chi connectivity index (χ0n) is 6.84. The first-order valence-corrected chi connectivity index (χ1v) is 3.18. The fourth-order valence-corrected chi connectivity index (χ4v) is 0.790. The van der Waals surface area contributed by atoms with E-state index in [0.717, 1.165) is 6.54 Å². The molecular formula is C6H17ClN2O. The van der Waals surface area contributed by atoms with Crippen molar-refractivity contribution >= 4 is 0 Å². The molecule has 0 heterocycles. The van der Waals surface area contributed by atoms with Crippen LogP contribution in [0.4, 0.5) is 0 Å². The van der Waals surface area contributed by atoms with Gasteiger partial charge >= 0.3 is 0 Å². The summed E-state index contributed by atoms with van der Waals surface area (Å²) in [6, 6.07) is 0. The first-order chi connectivity index (χ1) is 3.98. The van der Waals surface area contributed by atoms with Crippen molar-refractivity contribution in [1.29, 1.82) is 0 Å². The summed E-state index contributed by atoms with van der Waals surface area (Å²) in [4.78, 5) is 0. The number of halogens is 1. The molecule has 0 saturated heterocycles. The van der Waals surface area contributed by atoms with E-state index in [1.807, 2.05) is 14.1 Å². The summed E-state index contributed by atoms with van der Waals surface area (Å²) in [5.74, 6) is 0. The van der Waals surface area contributed by atoms with Gasteiger partial charge in [-0.2, -0.15) is 0 Å². The number of hydrogen-bond donors (Lipinski definition) is 2. The standard InChI is InChI=1S/C6H17N2O.ClH/c1-6(9)4-8(2,3)5-7;/h6,9H,4-5,7H2,1-3H3;1H/q+1;/p-1. The number of aliphatic hydroxyl groups excluding tert-OH is 1. The fraction of sp³-hybridized carbons (Fsp3) is 1.00. The Morgan fingerprint density at radius 1 is 1.50 bits per heavy atom. The SMILES string of the molecule is CC(O)C[N+](C)(C)CN.[Cl-]. The van der Waals surface area contributed by atoms with Gasteiger partial charge in [0.2, 0.25) is 0 Å². The highest BCUT2D eigenvalue weighted by molar-refractivity contribution is 4.40. The van der Waals surface area contributed by atoms with Gasteiger partial charge in [0.1, 0.15) is 19.3 Å². The first kappa shape index (κ1) is 12.8. The monoisotopic (exact) mass is 168 g/mol. The lowest BCUT2D eigenvalue weighted by molar-refractivity contribution is -0.892. The molecule has 10 heavy (non-hydrogen) atoms. The van der Waals surface area contributed by atoms with Crippen LogP contribution >= 0.6 is 0 Å². The Bertz CT molecular complexity index is 85.8. The maximum Gasteiger partial charge on any atom is 0.129 e. The van der Waals surface area contributed by atoms with Gasteiger partial charge in [-0.15, -0.1) is 0 Å². The van der Waals surface area contributed by atoms with Gasteiger partial charge in [-0.3, -0.25) is 5.73 Å². The van der Waals surface area contributed by atoms with E-state index in [2.05, 4.69) is 0 Å². The van der Waals surface area contributed by atoms with Crippen molar-refractivity contribution in [2.75, 3.05) is 27.3 Å². The topological polar surface area (TPSA) is 46.2 Å². The van der Waals surface area contributed by atoms with Crippen molar-refractivity contribution in [3.05, 3.63) is 0 Å². The molecule has 0 amide bonds. The number of aliphatic hydroxyl groups is 1. The van der Waals surface area contributed by atoms with Gasteiger partial charge in [-0.1, -0.05) is 0 Å². The van der Waals surface area contributed by atoms with Gasteiger partial charge in [-0.25, -0.2) is 0 Å². The number of hydrogen-bond acceptors (Lipinski definition) is 2. The molecule has 0 rings (SSSR count). The maximum absolute atomic E-state index is 8.95. The third-order valence-electron chi connectivity index (χ3n) is 1.25. The Morgan fingerprint density at radius 2 is 1.90 bits per heavy atom. The second kappa shape index (κ2) is 4.91. The van der Waals surface area contributed by atoms with Gasteiger partial charge < -0.3 is 22.0 Å². The van der Waals surface area contributed by atoms with E-state index in [0.29, 0.717) is 11.2 Å². The molecule has 0 aliphatic carbocycles. The van der Waals surface area contributed by atoms with Gasteiger partial charge in [0.15, 0.2) is 0 Å². The molecular weight excluding hydrogens is 152 g/mol. The minimum Gasteiger partial charge on any atom is -1.00 e. The lowest BCUT2D eigenvalue weighted by atomic mass is 10.3. The second-order valence-electron chi connectivity index (χ2n) is 3.15. The molecule has 3 nitrogen and oxygen atoms in total. The van der Waals surface area contributed by atoms with Crippen LogP contribution in [0.15, 0.2) is 0 Å². The van der Waals surface area contributed by atoms with Crippen molar-refractivity contribution in [3.8, 4) is 0 Å². The van der Waals surface area contributed by atoms with Crippen LogP contribution in [0.5, 0.6) is 0 Å². The minimum absolute atomic E-state index is 0. The predicted molar refractivity (Wildman–Crippen MR) is 37.7 cm³/mol. The minimum atomic E-state index is -0.261. The summed E-state index contributed by atoms with van der Waals surface area (Å²) in [5, 5.41) is 8.95. The Balaban J connectivity index is 0. The van der Waals surface area contributed by atoms with Crippen molar-refractivity contribution < 1.29 is 22.0 Å². The molecule has 1 unspecified atom stereocenters. The summed E-state index contributed by atoms with van der Waals surface area (Å²) in [5.41, 5.74) is 5.42. The fourth-order valence-electron chi connectivity index (χ4n) is 0.790. The maximum atomic E-state index is 8.95. The van der Waals surface area contributed by atoms with Gasteiger partial charge in [0, 0.05) is 0 Å². The quantitative estimate of drug-likeness (QED) is 0.338. The zero-order chi connectivity index (χ0) is 7.49. The number of quaternary nitrogens is 1. The Morgan fingerprint density at radius 3 is 2.00 bits per heavy atom. The third kappa shape index (κ3) is 6.29. The smallest absolute Gasteiger partial charge is 0.129 e. The van der Waals surface area contributed by atoms with Gasteiger partial charge in [0.05, 0.1) is 14.1 Å². The van der Waals surface area contributed by atoms with E-state index in [9.17, 15) is 0 Å². The van der Waals surface area contributed by atoms with E-state index < -0.39 is 0 Å². The van der Waals surface area contributed by atoms with Crippen LogP contribution in [-0.4, -0.2) is 43.0 Å². The van der Waals surface area contributed by atoms with Crippen LogP contribution in [0, 0.1) is 0 Å². The molecule has 0 bridgehead atoms. The lowest BCUT2D eigenvalue weighted by Crippen LogP contribution is -3.00. The lowest BCUT2D eigenvalue weighted by Gasteiger charge is -2.28. The highest BCUT2D eigenvalue weighted by atomic mass is 35.5. The van der Waals surface area contributed by atoms with E-state index >= 15 is 0 Å². The molecule has 3 N–H and O–H groups in total.